The second-order valence-corrected chi connectivity index (χ2v) is 9.13. The molecule has 2 aromatic heterocycles. The summed E-state index contributed by atoms with van der Waals surface area (Å²) in [4.78, 5) is 29.6. The van der Waals surface area contributed by atoms with Gasteiger partial charge in [-0.2, -0.15) is 0 Å². The molecule has 0 aliphatic rings. The van der Waals surface area contributed by atoms with Crippen molar-refractivity contribution in [3.8, 4) is 0 Å². The lowest BCUT2D eigenvalue weighted by atomic mass is 10.1. The average molecular weight is 491 g/mol. The maximum Gasteiger partial charge on any atom is 0.267 e. The zero-order chi connectivity index (χ0) is 25.8. The second-order valence-electron chi connectivity index (χ2n) is 9.13. The molecule has 2 amide bonds. The molecular formula is C31H30N4O2. The minimum absolute atomic E-state index is 0.211. The highest BCUT2D eigenvalue weighted by atomic mass is 16.2. The standard InChI is InChI=1S/C31H30N4O2/c1-3-35-20-24(25-11-7-8-12-29(25)35)18-28(34-30(36)22-9-5-4-6-10-22)31(37)32-16-15-23-19-33-27-14-13-21(2)17-26(23)27/h4-14,17-20,33H,3,15-16H2,1-2H3,(H,32,37)(H,34,36)/b28-18-. The fraction of sp³-hybridized carbons (Fsp3) is 0.161. The van der Waals surface area contributed by atoms with E-state index in [9.17, 15) is 9.59 Å². The lowest BCUT2D eigenvalue weighted by Gasteiger charge is -2.11. The van der Waals surface area contributed by atoms with E-state index in [0.717, 1.165) is 39.5 Å². The molecule has 37 heavy (non-hydrogen) atoms. The van der Waals surface area contributed by atoms with Gasteiger partial charge in [-0.25, -0.2) is 0 Å². The van der Waals surface area contributed by atoms with Gasteiger partial charge in [0, 0.05) is 58.4 Å². The molecule has 0 saturated carbocycles. The van der Waals surface area contributed by atoms with Crippen molar-refractivity contribution in [1.82, 2.24) is 20.2 Å². The summed E-state index contributed by atoms with van der Waals surface area (Å²) in [5, 5.41) is 8.04. The van der Waals surface area contributed by atoms with E-state index in [1.807, 2.05) is 36.7 Å². The van der Waals surface area contributed by atoms with Gasteiger partial charge in [0.25, 0.3) is 11.8 Å². The maximum absolute atomic E-state index is 13.4. The van der Waals surface area contributed by atoms with Crippen molar-refractivity contribution in [3.05, 3.63) is 113 Å². The predicted octanol–water partition coefficient (Wildman–Crippen LogP) is 5.58. The number of nitrogens with zero attached hydrogens (tertiary/aromatic N) is 1. The molecule has 5 aromatic rings. The summed E-state index contributed by atoms with van der Waals surface area (Å²) in [5.41, 5.74) is 6.08. The highest BCUT2D eigenvalue weighted by molar-refractivity contribution is 6.06. The van der Waals surface area contributed by atoms with Crippen LogP contribution < -0.4 is 10.6 Å². The number of H-pyrrole nitrogens is 1. The van der Waals surface area contributed by atoms with E-state index in [2.05, 4.69) is 58.3 Å². The largest absolute Gasteiger partial charge is 0.361 e. The molecule has 0 aliphatic heterocycles. The topological polar surface area (TPSA) is 78.9 Å². The van der Waals surface area contributed by atoms with Gasteiger partial charge in [-0.1, -0.05) is 48.0 Å². The second kappa shape index (κ2) is 10.6. The molecule has 3 aromatic carbocycles. The fourth-order valence-corrected chi connectivity index (χ4v) is 4.65. The monoisotopic (exact) mass is 490 g/mol. The van der Waals surface area contributed by atoms with Gasteiger partial charge >= 0.3 is 0 Å². The third-order valence-electron chi connectivity index (χ3n) is 6.59. The smallest absolute Gasteiger partial charge is 0.267 e. The van der Waals surface area contributed by atoms with E-state index in [1.165, 1.54) is 5.56 Å². The number of benzene rings is 3. The van der Waals surface area contributed by atoms with Crippen molar-refractivity contribution >= 4 is 39.7 Å². The summed E-state index contributed by atoms with van der Waals surface area (Å²) in [6.07, 6.45) is 6.44. The third-order valence-corrected chi connectivity index (χ3v) is 6.59. The first kappa shape index (κ1) is 24.1. The molecule has 0 atom stereocenters. The molecule has 6 heteroatoms. The first-order chi connectivity index (χ1) is 18.0. The van der Waals surface area contributed by atoms with Crippen molar-refractivity contribution in [2.24, 2.45) is 0 Å². The highest BCUT2D eigenvalue weighted by Crippen LogP contribution is 2.24. The van der Waals surface area contributed by atoms with E-state index < -0.39 is 0 Å². The Labute approximate surface area is 216 Å². The number of aromatic nitrogens is 2. The van der Waals surface area contributed by atoms with Crippen LogP contribution >= 0.6 is 0 Å². The first-order valence-corrected chi connectivity index (χ1v) is 12.5. The third kappa shape index (κ3) is 5.19. The zero-order valence-corrected chi connectivity index (χ0v) is 21.0. The Hall–Kier alpha value is -4.58. The van der Waals surface area contributed by atoms with Crippen molar-refractivity contribution in [2.45, 2.75) is 26.8 Å². The molecule has 0 saturated heterocycles. The maximum atomic E-state index is 13.4. The van der Waals surface area contributed by atoms with Crippen molar-refractivity contribution in [3.63, 3.8) is 0 Å². The van der Waals surface area contributed by atoms with Crippen LogP contribution in [-0.4, -0.2) is 27.9 Å². The van der Waals surface area contributed by atoms with Gasteiger partial charge in [0.2, 0.25) is 0 Å². The van der Waals surface area contributed by atoms with Crippen molar-refractivity contribution in [2.75, 3.05) is 6.54 Å². The van der Waals surface area contributed by atoms with Crippen LogP contribution in [0.4, 0.5) is 0 Å². The quantitative estimate of drug-likeness (QED) is 0.248. The Kier molecular flexibility index (Phi) is 6.90. The summed E-state index contributed by atoms with van der Waals surface area (Å²) in [6.45, 7) is 5.39. The number of aryl methyl sites for hydroxylation is 2. The predicted molar refractivity (Wildman–Crippen MR) is 149 cm³/mol. The van der Waals surface area contributed by atoms with E-state index in [0.29, 0.717) is 18.5 Å². The fourth-order valence-electron chi connectivity index (χ4n) is 4.65. The SMILES string of the molecule is CCn1cc(/C=C(\NC(=O)c2ccccc2)C(=O)NCCc2c[nH]c3ccc(C)cc23)c2ccccc21. The molecular weight excluding hydrogens is 460 g/mol. The number of carbonyl (C=O) groups is 2. The van der Waals surface area contributed by atoms with Gasteiger partial charge in [-0.3, -0.25) is 9.59 Å². The van der Waals surface area contributed by atoms with Gasteiger partial charge in [-0.15, -0.1) is 0 Å². The number of para-hydroxylation sites is 1. The van der Waals surface area contributed by atoms with Crippen LogP contribution in [0.5, 0.6) is 0 Å². The summed E-state index contributed by atoms with van der Waals surface area (Å²) < 4.78 is 2.13. The highest BCUT2D eigenvalue weighted by Gasteiger charge is 2.16. The van der Waals surface area contributed by atoms with Crippen LogP contribution in [0.25, 0.3) is 27.9 Å². The van der Waals surface area contributed by atoms with Gasteiger partial charge < -0.3 is 20.2 Å². The molecule has 186 valence electrons. The van der Waals surface area contributed by atoms with Gasteiger partial charge in [0.1, 0.15) is 5.70 Å². The molecule has 6 nitrogen and oxygen atoms in total. The number of fused-ring (bicyclic) bond motifs is 2. The summed E-state index contributed by atoms with van der Waals surface area (Å²) in [6, 6.07) is 23.3. The van der Waals surface area contributed by atoms with E-state index in [4.69, 9.17) is 0 Å². The van der Waals surface area contributed by atoms with Gasteiger partial charge in [0.05, 0.1) is 0 Å². The van der Waals surface area contributed by atoms with Gasteiger partial charge in [0.15, 0.2) is 0 Å². The Morgan fingerprint density at radius 2 is 1.76 bits per heavy atom. The average Bonchev–Trinajstić information content (AvgIpc) is 3.49. The van der Waals surface area contributed by atoms with Gasteiger partial charge in [-0.05, 0) is 62.2 Å². The summed E-state index contributed by atoms with van der Waals surface area (Å²) in [7, 11) is 0. The molecule has 3 N–H and O–H groups in total. The van der Waals surface area contributed by atoms with Crippen molar-refractivity contribution < 1.29 is 9.59 Å². The number of aromatic amines is 1. The van der Waals surface area contributed by atoms with Crippen LogP contribution in [0.15, 0.2) is 90.9 Å². The Morgan fingerprint density at radius 3 is 2.57 bits per heavy atom. The number of amides is 2. The van der Waals surface area contributed by atoms with Crippen molar-refractivity contribution in [1.29, 1.82) is 0 Å². The molecule has 0 radical (unpaired) electrons. The first-order valence-electron chi connectivity index (χ1n) is 12.5. The van der Waals surface area contributed by atoms with E-state index in [1.54, 1.807) is 30.3 Å². The van der Waals surface area contributed by atoms with E-state index >= 15 is 0 Å². The minimum Gasteiger partial charge on any atom is -0.361 e. The number of hydrogen-bond donors (Lipinski definition) is 3. The molecule has 0 fully saturated rings. The zero-order valence-electron chi connectivity index (χ0n) is 21.0. The lowest BCUT2D eigenvalue weighted by Crippen LogP contribution is -2.35. The van der Waals surface area contributed by atoms with Crippen LogP contribution in [0.3, 0.4) is 0 Å². The lowest BCUT2D eigenvalue weighted by molar-refractivity contribution is -0.117. The normalized spacial score (nSPS) is 11.7. The molecule has 0 unspecified atom stereocenters. The number of carbonyl (C=O) groups excluding carboxylic acids is 2. The van der Waals surface area contributed by atoms with Crippen LogP contribution in [0.2, 0.25) is 0 Å². The number of rotatable bonds is 8. The molecule has 0 spiro atoms. The molecule has 5 rings (SSSR count). The number of hydrogen-bond acceptors (Lipinski definition) is 2. The Morgan fingerprint density at radius 1 is 0.973 bits per heavy atom. The molecule has 2 heterocycles. The summed E-state index contributed by atoms with van der Waals surface area (Å²) >= 11 is 0. The van der Waals surface area contributed by atoms with E-state index in [-0.39, 0.29) is 17.5 Å². The molecule has 0 bridgehead atoms. The van der Waals surface area contributed by atoms with Crippen LogP contribution in [-0.2, 0) is 17.8 Å². The Balaban J connectivity index is 1.40. The molecule has 0 aliphatic carbocycles. The number of nitrogens with one attached hydrogen (secondary N) is 3. The van der Waals surface area contributed by atoms with Crippen LogP contribution in [0, 0.1) is 6.92 Å². The Bertz CT molecular complexity index is 1610. The van der Waals surface area contributed by atoms with Crippen LogP contribution in [0.1, 0.15) is 34.0 Å². The minimum atomic E-state index is -0.326. The summed E-state index contributed by atoms with van der Waals surface area (Å²) in [5.74, 6) is -0.651.